The molecule has 0 heteroatoms. The maximum Gasteiger partial charge on any atom is -0.00988 e. The van der Waals surface area contributed by atoms with Gasteiger partial charge in [-0.25, -0.2) is 0 Å². The number of benzene rings is 5. The SMILES string of the molecule is c1ccc(-c2ccc3ccc4cc5ccccc5cc4c3c2)cc1. The molecule has 0 heterocycles. The van der Waals surface area contributed by atoms with Crippen molar-refractivity contribution in [1.82, 2.24) is 0 Å². The van der Waals surface area contributed by atoms with E-state index in [1.807, 2.05) is 0 Å². The summed E-state index contributed by atoms with van der Waals surface area (Å²) >= 11 is 0. The van der Waals surface area contributed by atoms with Crippen LogP contribution in [0.3, 0.4) is 0 Å². The van der Waals surface area contributed by atoms with Gasteiger partial charge in [-0.1, -0.05) is 78.9 Å². The molecule has 0 saturated heterocycles. The Kier molecular flexibility index (Phi) is 2.89. The van der Waals surface area contributed by atoms with Crippen LogP contribution < -0.4 is 0 Å². The Balaban J connectivity index is 1.86. The fourth-order valence-corrected chi connectivity index (χ4v) is 3.55. The van der Waals surface area contributed by atoms with Crippen LogP contribution in [0, 0.1) is 0 Å². The lowest BCUT2D eigenvalue weighted by molar-refractivity contribution is 1.65. The zero-order valence-corrected chi connectivity index (χ0v) is 13.2. The van der Waals surface area contributed by atoms with Crippen molar-refractivity contribution in [3.8, 4) is 11.1 Å². The third-order valence-electron chi connectivity index (χ3n) is 4.81. The largest absolute Gasteiger partial charge is 0.0622 e. The van der Waals surface area contributed by atoms with Crippen LogP contribution in [0.2, 0.25) is 0 Å². The first-order chi connectivity index (χ1) is 11.9. The lowest BCUT2D eigenvalue weighted by atomic mass is 9.95. The van der Waals surface area contributed by atoms with E-state index in [1.54, 1.807) is 0 Å². The van der Waals surface area contributed by atoms with E-state index in [1.165, 1.54) is 43.4 Å². The molecule has 112 valence electrons. The van der Waals surface area contributed by atoms with Crippen molar-refractivity contribution in [2.75, 3.05) is 0 Å². The minimum absolute atomic E-state index is 1.26. The van der Waals surface area contributed by atoms with E-state index >= 15 is 0 Å². The predicted molar refractivity (Wildman–Crippen MR) is 104 cm³/mol. The quantitative estimate of drug-likeness (QED) is 0.235. The Morgan fingerprint density at radius 2 is 0.958 bits per heavy atom. The second kappa shape index (κ2) is 5.21. The van der Waals surface area contributed by atoms with Crippen molar-refractivity contribution >= 4 is 32.3 Å². The highest BCUT2D eigenvalue weighted by atomic mass is 14.1. The van der Waals surface area contributed by atoms with Crippen LogP contribution in [0.25, 0.3) is 43.4 Å². The summed E-state index contributed by atoms with van der Waals surface area (Å²) in [6.45, 7) is 0. The lowest BCUT2D eigenvalue weighted by Crippen LogP contribution is -1.82. The van der Waals surface area contributed by atoms with Crippen LogP contribution >= 0.6 is 0 Å². The molecule has 0 aliphatic rings. The zero-order valence-electron chi connectivity index (χ0n) is 13.2. The summed E-state index contributed by atoms with van der Waals surface area (Å²) < 4.78 is 0. The average molecular weight is 304 g/mol. The van der Waals surface area contributed by atoms with E-state index in [2.05, 4.69) is 97.1 Å². The molecule has 0 aliphatic carbocycles. The Morgan fingerprint density at radius 3 is 1.79 bits per heavy atom. The van der Waals surface area contributed by atoms with Gasteiger partial charge in [-0.05, 0) is 61.6 Å². The summed E-state index contributed by atoms with van der Waals surface area (Å²) in [5.41, 5.74) is 2.53. The number of hydrogen-bond donors (Lipinski definition) is 0. The lowest BCUT2D eigenvalue weighted by Gasteiger charge is -2.09. The summed E-state index contributed by atoms with van der Waals surface area (Å²) in [7, 11) is 0. The van der Waals surface area contributed by atoms with Gasteiger partial charge < -0.3 is 0 Å². The molecule has 0 radical (unpaired) electrons. The smallest absolute Gasteiger partial charge is 0.00988 e. The Labute approximate surface area is 141 Å². The van der Waals surface area contributed by atoms with Crippen molar-refractivity contribution in [3.63, 3.8) is 0 Å². The van der Waals surface area contributed by atoms with E-state index in [0.717, 1.165) is 0 Å². The molecule has 5 aromatic rings. The summed E-state index contributed by atoms with van der Waals surface area (Å²) in [5, 5.41) is 7.82. The van der Waals surface area contributed by atoms with E-state index in [4.69, 9.17) is 0 Å². The third-order valence-corrected chi connectivity index (χ3v) is 4.81. The second-order valence-corrected chi connectivity index (χ2v) is 6.29. The van der Waals surface area contributed by atoms with Crippen LogP contribution in [-0.2, 0) is 0 Å². The van der Waals surface area contributed by atoms with Gasteiger partial charge in [0.05, 0.1) is 0 Å². The van der Waals surface area contributed by atoms with Gasteiger partial charge in [0.25, 0.3) is 0 Å². The molecule has 0 spiro atoms. The first-order valence-electron chi connectivity index (χ1n) is 8.29. The van der Waals surface area contributed by atoms with Crippen molar-refractivity contribution in [2.45, 2.75) is 0 Å². The van der Waals surface area contributed by atoms with Gasteiger partial charge in [-0.15, -0.1) is 0 Å². The van der Waals surface area contributed by atoms with Crippen molar-refractivity contribution in [1.29, 1.82) is 0 Å². The number of rotatable bonds is 1. The minimum atomic E-state index is 1.26. The van der Waals surface area contributed by atoms with E-state index in [9.17, 15) is 0 Å². The van der Waals surface area contributed by atoms with Gasteiger partial charge in [0.2, 0.25) is 0 Å². The van der Waals surface area contributed by atoms with Gasteiger partial charge in [0, 0.05) is 0 Å². The topological polar surface area (TPSA) is 0 Å². The van der Waals surface area contributed by atoms with Crippen LogP contribution in [-0.4, -0.2) is 0 Å². The highest BCUT2D eigenvalue weighted by Gasteiger charge is 2.05. The summed E-state index contributed by atoms with van der Waals surface area (Å²) in [6.07, 6.45) is 0. The van der Waals surface area contributed by atoms with Crippen molar-refractivity contribution < 1.29 is 0 Å². The molecule has 24 heavy (non-hydrogen) atoms. The molecule has 5 aromatic carbocycles. The van der Waals surface area contributed by atoms with Crippen LogP contribution in [0.5, 0.6) is 0 Å². The van der Waals surface area contributed by atoms with Crippen molar-refractivity contribution in [3.05, 3.63) is 97.1 Å². The molecule has 0 nitrogen and oxygen atoms in total. The van der Waals surface area contributed by atoms with Crippen molar-refractivity contribution in [2.24, 2.45) is 0 Å². The Hall–Kier alpha value is -3.12. The standard InChI is InChI=1S/C24H16/c1-2-6-17(7-3-1)21-12-10-18-11-13-22-14-19-8-4-5-9-20(19)15-24(22)23(18)16-21/h1-16H. The van der Waals surface area contributed by atoms with Gasteiger partial charge in [0.15, 0.2) is 0 Å². The highest BCUT2D eigenvalue weighted by Crippen LogP contribution is 2.32. The van der Waals surface area contributed by atoms with E-state index < -0.39 is 0 Å². The molecule has 0 bridgehead atoms. The molecule has 0 saturated carbocycles. The molecule has 0 N–H and O–H groups in total. The average Bonchev–Trinajstić information content (AvgIpc) is 2.66. The Morgan fingerprint density at radius 1 is 0.333 bits per heavy atom. The first-order valence-corrected chi connectivity index (χ1v) is 8.29. The van der Waals surface area contributed by atoms with Gasteiger partial charge in [0.1, 0.15) is 0 Å². The maximum atomic E-state index is 2.32. The summed E-state index contributed by atoms with van der Waals surface area (Å²) in [5.74, 6) is 0. The molecule has 0 fully saturated rings. The molecule has 0 aromatic heterocycles. The van der Waals surface area contributed by atoms with Crippen LogP contribution in [0.15, 0.2) is 97.1 Å². The molecule has 0 amide bonds. The minimum Gasteiger partial charge on any atom is -0.0622 e. The molecule has 0 atom stereocenters. The fourth-order valence-electron chi connectivity index (χ4n) is 3.55. The highest BCUT2D eigenvalue weighted by molar-refractivity contribution is 6.12. The number of fused-ring (bicyclic) bond motifs is 4. The van der Waals surface area contributed by atoms with Gasteiger partial charge in [-0.3, -0.25) is 0 Å². The monoisotopic (exact) mass is 304 g/mol. The predicted octanol–water partition coefficient (Wildman–Crippen LogP) is 6.81. The molecule has 0 aliphatic heterocycles. The molecule has 0 unspecified atom stereocenters. The summed E-state index contributed by atoms with van der Waals surface area (Å²) in [6, 6.07) is 35.0. The fraction of sp³-hybridized carbons (Fsp3) is 0. The van der Waals surface area contributed by atoms with E-state index in [-0.39, 0.29) is 0 Å². The molecule has 5 rings (SSSR count). The third kappa shape index (κ3) is 2.08. The van der Waals surface area contributed by atoms with Gasteiger partial charge >= 0.3 is 0 Å². The van der Waals surface area contributed by atoms with E-state index in [0.29, 0.717) is 0 Å². The second-order valence-electron chi connectivity index (χ2n) is 6.29. The maximum absolute atomic E-state index is 2.32. The normalized spacial score (nSPS) is 11.3. The van der Waals surface area contributed by atoms with Gasteiger partial charge in [-0.2, -0.15) is 0 Å². The first kappa shape index (κ1) is 13.3. The molecular weight excluding hydrogens is 288 g/mol. The number of hydrogen-bond acceptors (Lipinski definition) is 0. The molecular formula is C24H16. The zero-order chi connectivity index (χ0) is 15.9. The summed E-state index contributed by atoms with van der Waals surface area (Å²) in [4.78, 5) is 0. The van der Waals surface area contributed by atoms with Crippen LogP contribution in [0.4, 0.5) is 0 Å². The van der Waals surface area contributed by atoms with Crippen LogP contribution in [0.1, 0.15) is 0 Å². The Bertz CT molecular complexity index is 1180.